The van der Waals surface area contributed by atoms with E-state index in [1.54, 1.807) is 0 Å². The van der Waals surface area contributed by atoms with Crippen molar-refractivity contribution in [2.75, 3.05) is 44.4 Å². The highest BCUT2D eigenvalue weighted by atomic mass is 32.2. The Bertz CT molecular complexity index is 374. The van der Waals surface area contributed by atoms with Crippen molar-refractivity contribution in [3.8, 4) is 0 Å². The van der Waals surface area contributed by atoms with Gasteiger partial charge in [-0.2, -0.15) is 11.8 Å². The molecule has 3 rings (SSSR count). The van der Waals surface area contributed by atoms with Crippen LogP contribution in [-0.2, 0) is 4.74 Å². The number of hydrogen-bond acceptors (Lipinski definition) is 4. The van der Waals surface area contributed by atoms with Gasteiger partial charge in [0.05, 0.1) is 13.2 Å². The van der Waals surface area contributed by atoms with Crippen LogP contribution in [0, 0.1) is 0 Å². The summed E-state index contributed by atoms with van der Waals surface area (Å²) in [5.74, 6) is 2.32. The normalized spacial score (nSPS) is 30.8. The van der Waals surface area contributed by atoms with Crippen molar-refractivity contribution >= 4 is 17.8 Å². The fraction of sp³-hybridized carbons (Fsp3) is 0.941. The topological polar surface area (TPSA) is 53.6 Å². The Labute approximate surface area is 144 Å². The van der Waals surface area contributed by atoms with E-state index in [2.05, 4.69) is 15.5 Å². The summed E-state index contributed by atoms with van der Waals surface area (Å²) in [6, 6.07) is 0.399. The fourth-order valence-corrected chi connectivity index (χ4v) is 5.52. The first kappa shape index (κ1) is 17.4. The van der Waals surface area contributed by atoms with E-state index in [1.807, 2.05) is 11.8 Å². The molecule has 1 aliphatic carbocycles. The number of morpholine rings is 1. The highest BCUT2D eigenvalue weighted by Crippen LogP contribution is 2.33. The summed E-state index contributed by atoms with van der Waals surface area (Å²) in [7, 11) is 0. The zero-order valence-corrected chi connectivity index (χ0v) is 15.0. The Morgan fingerprint density at radius 1 is 1.17 bits per heavy atom. The first-order valence-corrected chi connectivity index (χ1v) is 10.4. The average Bonchev–Trinajstić information content (AvgIpc) is 2.93. The van der Waals surface area contributed by atoms with E-state index in [1.165, 1.54) is 37.9 Å². The summed E-state index contributed by atoms with van der Waals surface area (Å²) < 4.78 is 5.49. The van der Waals surface area contributed by atoms with Crippen molar-refractivity contribution in [2.24, 2.45) is 0 Å². The van der Waals surface area contributed by atoms with Gasteiger partial charge >= 0.3 is 6.03 Å². The lowest BCUT2D eigenvalue weighted by Gasteiger charge is -2.43. The van der Waals surface area contributed by atoms with Crippen LogP contribution in [0.5, 0.6) is 0 Å². The molecule has 5 nitrogen and oxygen atoms in total. The predicted octanol–water partition coefficient (Wildman–Crippen LogP) is 2.22. The van der Waals surface area contributed by atoms with Crippen LogP contribution in [0.3, 0.4) is 0 Å². The second-order valence-electron chi connectivity index (χ2n) is 7.14. The smallest absolute Gasteiger partial charge is 0.315 e. The summed E-state index contributed by atoms with van der Waals surface area (Å²) in [4.78, 5) is 14.9. The number of ether oxygens (including phenoxy) is 1. The number of carbonyl (C=O) groups is 1. The van der Waals surface area contributed by atoms with Crippen molar-refractivity contribution in [1.29, 1.82) is 0 Å². The lowest BCUT2D eigenvalue weighted by molar-refractivity contribution is -0.0124. The maximum Gasteiger partial charge on any atom is 0.315 e. The molecule has 23 heavy (non-hydrogen) atoms. The molecule has 132 valence electrons. The molecule has 2 heterocycles. The van der Waals surface area contributed by atoms with Crippen molar-refractivity contribution in [3.05, 3.63) is 0 Å². The second-order valence-corrected chi connectivity index (χ2v) is 8.25. The largest absolute Gasteiger partial charge is 0.379 e. The molecule has 3 aliphatic rings. The van der Waals surface area contributed by atoms with Gasteiger partial charge in [0.1, 0.15) is 0 Å². The molecule has 2 amide bonds. The molecule has 0 aromatic heterocycles. The molecule has 0 spiro atoms. The summed E-state index contributed by atoms with van der Waals surface area (Å²) in [6.45, 7) is 4.39. The third-order valence-electron chi connectivity index (χ3n) is 5.53. The zero-order chi connectivity index (χ0) is 16.0. The van der Waals surface area contributed by atoms with Crippen LogP contribution in [0.1, 0.15) is 44.9 Å². The van der Waals surface area contributed by atoms with Crippen molar-refractivity contribution in [1.82, 2.24) is 15.5 Å². The number of nitrogens with zero attached hydrogens (tertiary/aromatic N) is 1. The molecule has 1 unspecified atom stereocenters. The van der Waals surface area contributed by atoms with E-state index in [4.69, 9.17) is 4.74 Å². The maximum absolute atomic E-state index is 12.3. The number of thioether (sulfide) groups is 1. The van der Waals surface area contributed by atoms with Crippen molar-refractivity contribution in [2.45, 2.75) is 56.5 Å². The quantitative estimate of drug-likeness (QED) is 0.770. The summed E-state index contributed by atoms with van der Waals surface area (Å²) >= 11 is 2.01. The Hall–Kier alpha value is -0.460. The fourth-order valence-electron chi connectivity index (χ4n) is 4.04. The highest BCUT2D eigenvalue weighted by Gasteiger charge is 2.40. The molecule has 0 radical (unpaired) electrons. The third kappa shape index (κ3) is 4.77. The lowest BCUT2D eigenvalue weighted by Crippen LogP contribution is -2.60. The number of carbonyl (C=O) groups excluding carboxylic acids is 1. The number of urea groups is 1. The molecule has 0 bridgehead atoms. The highest BCUT2D eigenvalue weighted by molar-refractivity contribution is 7.99. The first-order valence-electron chi connectivity index (χ1n) is 9.23. The minimum Gasteiger partial charge on any atom is -0.379 e. The van der Waals surface area contributed by atoms with Gasteiger partial charge < -0.3 is 15.4 Å². The molecular weight excluding hydrogens is 310 g/mol. The zero-order valence-electron chi connectivity index (χ0n) is 14.1. The summed E-state index contributed by atoms with van der Waals surface area (Å²) in [5, 5.41) is 6.39. The average molecular weight is 342 g/mol. The van der Waals surface area contributed by atoms with Crippen molar-refractivity contribution < 1.29 is 9.53 Å². The molecule has 0 aromatic carbocycles. The Balaban J connectivity index is 1.49. The molecule has 2 saturated heterocycles. The summed E-state index contributed by atoms with van der Waals surface area (Å²) in [5.41, 5.74) is 0.134. The van der Waals surface area contributed by atoms with E-state index >= 15 is 0 Å². The Kier molecular flexibility index (Phi) is 6.48. The van der Waals surface area contributed by atoms with Crippen LogP contribution in [0.15, 0.2) is 0 Å². The third-order valence-corrected chi connectivity index (χ3v) is 6.77. The van der Waals surface area contributed by atoms with Crippen LogP contribution >= 0.6 is 11.8 Å². The molecular formula is C17H31N3O2S. The Morgan fingerprint density at radius 2 is 1.91 bits per heavy atom. The van der Waals surface area contributed by atoms with Gasteiger partial charge in [-0.3, -0.25) is 4.90 Å². The van der Waals surface area contributed by atoms with E-state index in [-0.39, 0.29) is 11.6 Å². The molecule has 3 fully saturated rings. The SMILES string of the molecule is O=C(NCC1(N2CCOCC2)CCSC1)NC1CCCCCC1. The minimum atomic E-state index is 0.0291. The van der Waals surface area contributed by atoms with E-state index in [9.17, 15) is 4.79 Å². The van der Waals surface area contributed by atoms with Gasteiger partial charge in [-0.25, -0.2) is 4.79 Å². The van der Waals surface area contributed by atoms with Gasteiger partial charge in [0, 0.05) is 37.0 Å². The predicted molar refractivity (Wildman–Crippen MR) is 95.1 cm³/mol. The molecule has 1 atom stereocenters. The standard InChI is InChI=1S/C17H31N3O2S/c21-16(19-15-5-3-1-2-4-6-15)18-13-17(7-12-23-14-17)20-8-10-22-11-9-20/h15H,1-14H2,(H2,18,19,21). The number of amides is 2. The summed E-state index contributed by atoms with van der Waals surface area (Å²) in [6.07, 6.45) is 8.57. The van der Waals surface area contributed by atoms with E-state index in [0.717, 1.165) is 51.4 Å². The van der Waals surface area contributed by atoms with Crippen LogP contribution in [0.2, 0.25) is 0 Å². The number of rotatable bonds is 4. The van der Waals surface area contributed by atoms with Gasteiger partial charge in [-0.1, -0.05) is 25.7 Å². The van der Waals surface area contributed by atoms with E-state index < -0.39 is 0 Å². The monoisotopic (exact) mass is 341 g/mol. The molecule has 6 heteroatoms. The first-order chi connectivity index (χ1) is 11.3. The van der Waals surface area contributed by atoms with Gasteiger partial charge in [0.25, 0.3) is 0 Å². The lowest BCUT2D eigenvalue weighted by atomic mass is 9.95. The van der Waals surface area contributed by atoms with Crippen LogP contribution in [-0.4, -0.2) is 66.9 Å². The number of nitrogens with one attached hydrogen (secondary N) is 2. The van der Waals surface area contributed by atoms with Crippen molar-refractivity contribution in [3.63, 3.8) is 0 Å². The van der Waals surface area contributed by atoms with Crippen LogP contribution in [0.4, 0.5) is 4.79 Å². The van der Waals surface area contributed by atoms with Crippen LogP contribution in [0.25, 0.3) is 0 Å². The molecule has 1 saturated carbocycles. The second kappa shape index (κ2) is 8.58. The molecule has 2 N–H and O–H groups in total. The molecule has 2 aliphatic heterocycles. The van der Waals surface area contributed by atoms with Gasteiger partial charge in [-0.05, 0) is 25.0 Å². The Morgan fingerprint density at radius 3 is 2.57 bits per heavy atom. The van der Waals surface area contributed by atoms with Gasteiger partial charge in [0.2, 0.25) is 0 Å². The minimum absolute atomic E-state index is 0.0291. The van der Waals surface area contributed by atoms with E-state index in [0.29, 0.717) is 6.04 Å². The maximum atomic E-state index is 12.3. The van der Waals surface area contributed by atoms with Crippen LogP contribution < -0.4 is 10.6 Å². The number of hydrogen-bond donors (Lipinski definition) is 2. The van der Waals surface area contributed by atoms with Gasteiger partial charge in [0.15, 0.2) is 0 Å². The molecule has 0 aromatic rings. The van der Waals surface area contributed by atoms with Gasteiger partial charge in [-0.15, -0.1) is 0 Å².